The molecule has 0 N–H and O–H groups in total. The SMILES string of the molecule is C=CCCCC(C(/C=C/C)OC(C)=O)S(=O)(=O)c1ccccc1. The van der Waals surface area contributed by atoms with Gasteiger partial charge in [0.1, 0.15) is 11.4 Å². The summed E-state index contributed by atoms with van der Waals surface area (Å²) in [5.74, 6) is -0.495. The summed E-state index contributed by atoms with van der Waals surface area (Å²) in [7, 11) is -3.61. The Kier molecular flexibility index (Phi) is 7.75. The second kappa shape index (κ2) is 9.30. The number of rotatable bonds is 9. The number of carbonyl (C=O) groups excluding carboxylic acids is 1. The topological polar surface area (TPSA) is 60.4 Å². The number of carbonyl (C=O) groups is 1. The molecule has 0 aliphatic heterocycles. The predicted molar refractivity (Wildman–Crippen MR) is 91.8 cm³/mol. The summed E-state index contributed by atoms with van der Waals surface area (Å²) < 4.78 is 31.2. The minimum atomic E-state index is -3.61. The van der Waals surface area contributed by atoms with Crippen LogP contribution in [0, 0.1) is 0 Å². The normalized spacial score (nSPS) is 14.3. The minimum Gasteiger partial charge on any atom is -0.457 e. The molecule has 1 rings (SSSR count). The van der Waals surface area contributed by atoms with Gasteiger partial charge in [0.15, 0.2) is 9.84 Å². The molecule has 0 bridgehead atoms. The summed E-state index contributed by atoms with van der Waals surface area (Å²) >= 11 is 0. The maximum atomic E-state index is 13.0. The monoisotopic (exact) mass is 336 g/mol. The van der Waals surface area contributed by atoms with Crippen molar-refractivity contribution in [2.24, 2.45) is 0 Å². The molecular formula is C18H24O4S. The summed E-state index contributed by atoms with van der Waals surface area (Å²) in [5.41, 5.74) is 0. The van der Waals surface area contributed by atoms with Gasteiger partial charge in [0.2, 0.25) is 0 Å². The Morgan fingerprint density at radius 3 is 2.48 bits per heavy atom. The number of unbranched alkanes of at least 4 members (excludes halogenated alkanes) is 1. The van der Waals surface area contributed by atoms with Crippen molar-refractivity contribution in [1.82, 2.24) is 0 Å². The number of hydrogen-bond acceptors (Lipinski definition) is 4. The minimum absolute atomic E-state index is 0.241. The molecule has 1 aromatic rings. The van der Waals surface area contributed by atoms with Crippen molar-refractivity contribution in [2.75, 3.05) is 0 Å². The van der Waals surface area contributed by atoms with Crippen molar-refractivity contribution in [3.63, 3.8) is 0 Å². The van der Waals surface area contributed by atoms with Gasteiger partial charge in [-0.2, -0.15) is 0 Å². The highest BCUT2D eigenvalue weighted by atomic mass is 32.2. The number of sulfone groups is 1. The van der Waals surface area contributed by atoms with Crippen LogP contribution in [0.5, 0.6) is 0 Å². The summed E-state index contributed by atoms with van der Waals surface area (Å²) in [6, 6.07) is 8.27. The molecule has 0 radical (unpaired) electrons. The average Bonchev–Trinajstić information content (AvgIpc) is 2.51. The van der Waals surface area contributed by atoms with Crippen LogP contribution in [0.25, 0.3) is 0 Å². The second-order valence-corrected chi connectivity index (χ2v) is 7.38. The molecule has 1 aromatic carbocycles. The molecule has 0 spiro atoms. The highest BCUT2D eigenvalue weighted by Gasteiger charge is 2.34. The van der Waals surface area contributed by atoms with Gasteiger partial charge >= 0.3 is 5.97 Å². The van der Waals surface area contributed by atoms with E-state index in [0.29, 0.717) is 19.3 Å². The van der Waals surface area contributed by atoms with Crippen LogP contribution in [0.2, 0.25) is 0 Å². The Morgan fingerprint density at radius 1 is 1.30 bits per heavy atom. The molecule has 0 aliphatic carbocycles. The molecule has 0 heterocycles. The lowest BCUT2D eigenvalue weighted by molar-refractivity contribution is -0.144. The summed E-state index contributed by atoms with van der Waals surface area (Å²) in [4.78, 5) is 11.6. The molecule has 0 aromatic heterocycles. The lowest BCUT2D eigenvalue weighted by atomic mass is 10.1. The van der Waals surface area contributed by atoms with E-state index in [0.717, 1.165) is 0 Å². The Bertz CT molecular complexity index is 632. The quantitative estimate of drug-likeness (QED) is 0.392. The highest BCUT2D eigenvalue weighted by molar-refractivity contribution is 7.92. The maximum Gasteiger partial charge on any atom is 0.303 e. The first-order chi connectivity index (χ1) is 10.9. The van der Waals surface area contributed by atoms with Gasteiger partial charge in [-0.1, -0.05) is 30.4 Å². The van der Waals surface area contributed by atoms with E-state index in [1.165, 1.54) is 6.92 Å². The molecule has 23 heavy (non-hydrogen) atoms. The van der Waals surface area contributed by atoms with Crippen LogP contribution in [-0.2, 0) is 19.4 Å². The molecule has 0 saturated carbocycles. The van der Waals surface area contributed by atoms with E-state index in [1.807, 2.05) is 0 Å². The third-order valence-corrected chi connectivity index (χ3v) is 5.65. The smallest absolute Gasteiger partial charge is 0.303 e. The van der Waals surface area contributed by atoms with E-state index in [2.05, 4.69) is 6.58 Å². The third kappa shape index (κ3) is 5.67. The molecule has 126 valence electrons. The van der Waals surface area contributed by atoms with E-state index < -0.39 is 27.2 Å². The number of hydrogen-bond donors (Lipinski definition) is 0. The van der Waals surface area contributed by atoms with Crippen LogP contribution in [0.4, 0.5) is 0 Å². The number of benzene rings is 1. The van der Waals surface area contributed by atoms with Crippen molar-refractivity contribution in [3.05, 3.63) is 55.1 Å². The first-order valence-electron chi connectivity index (χ1n) is 7.63. The van der Waals surface area contributed by atoms with Crippen LogP contribution < -0.4 is 0 Å². The third-order valence-electron chi connectivity index (χ3n) is 3.42. The molecule has 2 atom stereocenters. The standard InChI is InChI=1S/C18H24O4S/c1-4-6-8-14-18(17(11-5-2)22-15(3)19)23(20,21)16-12-9-7-10-13-16/h4-5,7,9-13,17-18H,1,6,8,14H2,2-3H3/b11-5+. The Morgan fingerprint density at radius 2 is 1.96 bits per heavy atom. The predicted octanol–water partition coefficient (Wildman–Crippen LogP) is 3.69. The van der Waals surface area contributed by atoms with Gasteiger partial charge < -0.3 is 4.74 Å². The summed E-state index contributed by atoms with van der Waals surface area (Å²) in [6.07, 6.45) is 6.05. The van der Waals surface area contributed by atoms with Gasteiger partial charge in [-0.25, -0.2) is 8.42 Å². The summed E-state index contributed by atoms with van der Waals surface area (Å²) in [5, 5.41) is -0.815. The van der Waals surface area contributed by atoms with Crippen molar-refractivity contribution >= 4 is 15.8 Å². The van der Waals surface area contributed by atoms with Gasteiger partial charge in [0, 0.05) is 6.92 Å². The van der Waals surface area contributed by atoms with Gasteiger partial charge in [-0.05, 0) is 44.4 Å². The van der Waals surface area contributed by atoms with Gasteiger partial charge in [0.05, 0.1) is 4.90 Å². The fraction of sp³-hybridized carbons (Fsp3) is 0.389. The highest BCUT2D eigenvalue weighted by Crippen LogP contribution is 2.25. The molecule has 0 amide bonds. The Hall–Kier alpha value is -1.88. The fourth-order valence-electron chi connectivity index (χ4n) is 2.36. The molecule has 5 heteroatoms. The molecule has 0 saturated heterocycles. The Labute approximate surface area is 138 Å². The maximum absolute atomic E-state index is 13.0. The van der Waals surface area contributed by atoms with E-state index in [9.17, 15) is 13.2 Å². The van der Waals surface area contributed by atoms with Crippen molar-refractivity contribution in [3.8, 4) is 0 Å². The molecule has 0 aliphatic rings. The van der Waals surface area contributed by atoms with Gasteiger partial charge in [-0.3, -0.25) is 4.79 Å². The van der Waals surface area contributed by atoms with E-state index in [4.69, 9.17) is 4.74 Å². The van der Waals surface area contributed by atoms with Crippen LogP contribution in [0.1, 0.15) is 33.1 Å². The van der Waals surface area contributed by atoms with Crippen LogP contribution in [0.3, 0.4) is 0 Å². The van der Waals surface area contributed by atoms with Gasteiger partial charge in [0.25, 0.3) is 0 Å². The average molecular weight is 336 g/mol. The van der Waals surface area contributed by atoms with Crippen molar-refractivity contribution < 1.29 is 17.9 Å². The van der Waals surface area contributed by atoms with E-state index in [-0.39, 0.29) is 4.90 Å². The van der Waals surface area contributed by atoms with Crippen molar-refractivity contribution in [2.45, 2.75) is 49.4 Å². The zero-order chi connectivity index (χ0) is 17.3. The van der Waals surface area contributed by atoms with Gasteiger partial charge in [-0.15, -0.1) is 6.58 Å². The lowest BCUT2D eigenvalue weighted by Gasteiger charge is -2.24. The number of allylic oxidation sites excluding steroid dienone is 2. The number of ether oxygens (including phenoxy) is 1. The molecule has 0 fully saturated rings. The molecule has 4 nitrogen and oxygen atoms in total. The first-order valence-corrected chi connectivity index (χ1v) is 9.18. The van der Waals surface area contributed by atoms with E-state index in [1.54, 1.807) is 55.5 Å². The van der Waals surface area contributed by atoms with E-state index >= 15 is 0 Å². The van der Waals surface area contributed by atoms with Crippen molar-refractivity contribution in [1.29, 1.82) is 0 Å². The van der Waals surface area contributed by atoms with Crippen LogP contribution in [0.15, 0.2) is 60.0 Å². The van der Waals surface area contributed by atoms with Crippen LogP contribution >= 0.6 is 0 Å². The second-order valence-electron chi connectivity index (χ2n) is 5.22. The molecule has 2 unspecified atom stereocenters. The largest absolute Gasteiger partial charge is 0.457 e. The number of esters is 1. The fourth-order valence-corrected chi connectivity index (χ4v) is 4.23. The lowest BCUT2D eigenvalue weighted by Crippen LogP contribution is -2.36. The van der Waals surface area contributed by atoms with Crippen LogP contribution in [-0.4, -0.2) is 25.7 Å². The Balaban J connectivity index is 3.21. The molecular weight excluding hydrogens is 312 g/mol. The summed E-state index contributed by atoms with van der Waals surface area (Å²) in [6.45, 7) is 6.71. The zero-order valence-corrected chi connectivity index (χ0v) is 14.5. The zero-order valence-electron chi connectivity index (χ0n) is 13.6. The first kappa shape index (κ1) is 19.2.